The van der Waals surface area contributed by atoms with Crippen molar-refractivity contribution >= 4 is 22.9 Å². The lowest BCUT2D eigenvalue weighted by atomic mass is 10.3. The summed E-state index contributed by atoms with van der Waals surface area (Å²) in [4.78, 5) is 1.26. The minimum absolute atomic E-state index is 0.0256. The normalized spacial score (nSPS) is 13.1. The summed E-state index contributed by atoms with van der Waals surface area (Å²) in [5.41, 5.74) is 5.53. The second-order valence-electron chi connectivity index (χ2n) is 3.10. The first-order chi connectivity index (χ1) is 6.72. The summed E-state index contributed by atoms with van der Waals surface area (Å²) >= 11 is 7.39. The predicted octanol–water partition coefficient (Wildman–Crippen LogP) is 0.853. The standard InChI is InChI=1S/C9H15ClN2OS/c10-9-2-1-8(14-9)3-4-12-5-7(11)6-13/h1-2,7,12-13H,3-6,11H2. The number of aliphatic hydroxyl groups excluding tert-OH is 1. The van der Waals surface area contributed by atoms with Gasteiger partial charge in [-0.15, -0.1) is 11.3 Å². The molecule has 0 aromatic carbocycles. The minimum atomic E-state index is -0.165. The Balaban J connectivity index is 2.10. The third-order valence-corrected chi connectivity index (χ3v) is 3.11. The Kier molecular flexibility index (Phi) is 5.44. The average Bonchev–Trinajstić information content (AvgIpc) is 2.58. The maximum atomic E-state index is 8.67. The first-order valence-corrected chi connectivity index (χ1v) is 5.73. The molecule has 0 bridgehead atoms. The fourth-order valence-corrected chi connectivity index (χ4v) is 2.14. The number of thiophene rings is 1. The molecule has 1 aromatic heterocycles. The molecule has 1 aromatic rings. The summed E-state index contributed by atoms with van der Waals surface area (Å²) in [6, 6.07) is 3.77. The van der Waals surface area contributed by atoms with E-state index in [2.05, 4.69) is 5.32 Å². The second-order valence-corrected chi connectivity index (χ2v) is 4.90. The van der Waals surface area contributed by atoms with Gasteiger partial charge in [-0.1, -0.05) is 11.6 Å². The van der Waals surface area contributed by atoms with E-state index < -0.39 is 0 Å². The molecule has 3 nitrogen and oxygen atoms in total. The van der Waals surface area contributed by atoms with E-state index in [9.17, 15) is 0 Å². The van der Waals surface area contributed by atoms with Crippen LogP contribution in [0.25, 0.3) is 0 Å². The molecule has 1 unspecified atom stereocenters. The molecule has 5 heteroatoms. The van der Waals surface area contributed by atoms with E-state index >= 15 is 0 Å². The fourth-order valence-electron chi connectivity index (χ4n) is 1.05. The van der Waals surface area contributed by atoms with Gasteiger partial charge in [-0.05, 0) is 18.6 Å². The van der Waals surface area contributed by atoms with Gasteiger partial charge < -0.3 is 16.2 Å². The third-order valence-electron chi connectivity index (χ3n) is 1.82. The van der Waals surface area contributed by atoms with Gasteiger partial charge in [0.05, 0.1) is 10.9 Å². The molecule has 14 heavy (non-hydrogen) atoms. The lowest BCUT2D eigenvalue weighted by molar-refractivity contribution is 0.262. The zero-order valence-corrected chi connectivity index (χ0v) is 9.44. The van der Waals surface area contributed by atoms with Gasteiger partial charge in [0.25, 0.3) is 0 Å². The average molecular weight is 235 g/mol. The molecule has 1 rings (SSSR count). The Morgan fingerprint density at radius 1 is 1.57 bits per heavy atom. The van der Waals surface area contributed by atoms with E-state index in [0.29, 0.717) is 6.54 Å². The number of rotatable bonds is 6. The third kappa shape index (κ3) is 4.39. The number of halogens is 1. The van der Waals surface area contributed by atoms with Crippen LogP contribution in [0.4, 0.5) is 0 Å². The first-order valence-electron chi connectivity index (χ1n) is 4.53. The van der Waals surface area contributed by atoms with E-state index in [4.69, 9.17) is 22.4 Å². The highest BCUT2D eigenvalue weighted by atomic mass is 35.5. The van der Waals surface area contributed by atoms with Crippen LogP contribution >= 0.6 is 22.9 Å². The van der Waals surface area contributed by atoms with Crippen LogP contribution in [0, 0.1) is 0 Å². The minimum Gasteiger partial charge on any atom is -0.395 e. The highest BCUT2D eigenvalue weighted by Gasteiger charge is 2.00. The maximum Gasteiger partial charge on any atom is 0.0931 e. The van der Waals surface area contributed by atoms with Crippen LogP contribution in [-0.4, -0.2) is 30.8 Å². The molecule has 0 aliphatic heterocycles. The zero-order chi connectivity index (χ0) is 10.4. The molecule has 1 atom stereocenters. The van der Waals surface area contributed by atoms with Gasteiger partial charge in [0.15, 0.2) is 0 Å². The summed E-state index contributed by atoms with van der Waals surface area (Å²) < 4.78 is 0.826. The van der Waals surface area contributed by atoms with Crippen LogP contribution in [-0.2, 0) is 6.42 Å². The van der Waals surface area contributed by atoms with Gasteiger partial charge in [0.2, 0.25) is 0 Å². The van der Waals surface area contributed by atoms with Crippen molar-refractivity contribution in [2.24, 2.45) is 5.73 Å². The summed E-state index contributed by atoms with van der Waals surface area (Å²) in [6.45, 7) is 1.54. The Labute approximate surface area is 92.9 Å². The number of nitrogens with two attached hydrogens (primary N) is 1. The Morgan fingerprint density at radius 2 is 2.36 bits per heavy atom. The van der Waals surface area contributed by atoms with Crippen molar-refractivity contribution in [1.82, 2.24) is 5.32 Å². The largest absolute Gasteiger partial charge is 0.395 e. The van der Waals surface area contributed by atoms with E-state index in [1.165, 1.54) is 4.88 Å². The first kappa shape index (κ1) is 11.9. The van der Waals surface area contributed by atoms with Gasteiger partial charge in [-0.3, -0.25) is 0 Å². The lowest BCUT2D eigenvalue weighted by Crippen LogP contribution is -2.37. The van der Waals surface area contributed by atoms with E-state index in [0.717, 1.165) is 17.3 Å². The molecule has 80 valence electrons. The van der Waals surface area contributed by atoms with E-state index in [1.807, 2.05) is 12.1 Å². The second kappa shape index (κ2) is 6.37. The maximum absolute atomic E-state index is 8.67. The molecule has 0 aliphatic carbocycles. The zero-order valence-electron chi connectivity index (χ0n) is 7.87. The van der Waals surface area contributed by atoms with Crippen LogP contribution in [0.5, 0.6) is 0 Å². The summed E-state index contributed by atoms with van der Waals surface area (Å²) in [5, 5.41) is 11.8. The van der Waals surface area contributed by atoms with Crippen molar-refractivity contribution in [3.8, 4) is 0 Å². The highest BCUT2D eigenvalue weighted by molar-refractivity contribution is 7.16. The lowest BCUT2D eigenvalue weighted by Gasteiger charge is -2.08. The van der Waals surface area contributed by atoms with Gasteiger partial charge in [0, 0.05) is 24.0 Å². The molecule has 0 fully saturated rings. The van der Waals surface area contributed by atoms with Crippen molar-refractivity contribution in [3.05, 3.63) is 21.3 Å². The smallest absolute Gasteiger partial charge is 0.0931 e. The topological polar surface area (TPSA) is 58.3 Å². The summed E-state index contributed by atoms with van der Waals surface area (Å²) in [7, 11) is 0. The van der Waals surface area contributed by atoms with Crippen molar-refractivity contribution < 1.29 is 5.11 Å². The van der Waals surface area contributed by atoms with Crippen LogP contribution in [0.3, 0.4) is 0 Å². The van der Waals surface area contributed by atoms with Crippen LogP contribution in [0.1, 0.15) is 4.88 Å². The van der Waals surface area contributed by atoms with Crippen LogP contribution in [0.15, 0.2) is 12.1 Å². The van der Waals surface area contributed by atoms with Crippen molar-refractivity contribution in [2.45, 2.75) is 12.5 Å². The summed E-state index contributed by atoms with van der Waals surface area (Å²) in [5.74, 6) is 0. The van der Waals surface area contributed by atoms with E-state index in [1.54, 1.807) is 11.3 Å². The molecule has 0 aliphatic rings. The molecule has 0 saturated heterocycles. The number of hydrogen-bond acceptors (Lipinski definition) is 4. The molecule has 4 N–H and O–H groups in total. The Bertz CT molecular complexity index is 267. The molecular weight excluding hydrogens is 220 g/mol. The highest BCUT2D eigenvalue weighted by Crippen LogP contribution is 2.21. The number of nitrogens with one attached hydrogen (secondary N) is 1. The van der Waals surface area contributed by atoms with Gasteiger partial charge in [-0.2, -0.15) is 0 Å². The molecule has 0 radical (unpaired) electrons. The molecule has 0 amide bonds. The van der Waals surface area contributed by atoms with Crippen LogP contribution < -0.4 is 11.1 Å². The molecule has 1 heterocycles. The number of hydrogen-bond donors (Lipinski definition) is 3. The monoisotopic (exact) mass is 234 g/mol. The SMILES string of the molecule is NC(CO)CNCCc1ccc(Cl)s1. The quantitative estimate of drug-likeness (QED) is 0.640. The van der Waals surface area contributed by atoms with Gasteiger partial charge >= 0.3 is 0 Å². The van der Waals surface area contributed by atoms with Crippen LogP contribution in [0.2, 0.25) is 4.34 Å². The predicted molar refractivity (Wildman–Crippen MR) is 61.0 cm³/mol. The fraction of sp³-hybridized carbons (Fsp3) is 0.556. The molecule has 0 spiro atoms. The Hall–Kier alpha value is -0.130. The van der Waals surface area contributed by atoms with E-state index in [-0.39, 0.29) is 12.6 Å². The number of aliphatic hydroxyl groups is 1. The molecule has 0 saturated carbocycles. The summed E-state index contributed by atoms with van der Waals surface area (Å²) in [6.07, 6.45) is 0.954. The van der Waals surface area contributed by atoms with Crippen molar-refractivity contribution in [1.29, 1.82) is 0 Å². The van der Waals surface area contributed by atoms with Crippen molar-refractivity contribution in [2.75, 3.05) is 19.7 Å². The van der Waals surface area contributed by atoms with Gasteiger partial charge in [-0.25, -0.2) is 0 Å². The molecular formula is C9H15ClN2OS. The van der Waals surface area contributed by atoms with Gasteiger partial charge in [0.1, 0.15) is 0 Å². The van der Waals surface area contributed by atoms with Crippen molar-refractivity contribution in [3.63, 3.8) is 0 Å². The Morgan fingerprint density at radius 3 is 2.93 bits per heavy atom.